The Labute approximate surface area is 104 Å². The number of hydrogen-bond acceptors (Lipinski definition) is 3. The van der Waals surface area contributed by atoms with Crippen molar-refractivity contribution in [3.63, 3.8) is 0 Å². The summed E-state index contributed by atoms with van der Waals surface area (Å²) < 4.78 is 0. The summed E-state index contributed by atoms with van der Waals surface area (Å²) in [7, 11) is 4.16. The number of rotatable bonds is 6. The number of carbonyl (C=O) groups is 1. The lowest BCUT2D eigenvalue weighted by Gasteiger charge is -2.24. The lowest BCUT2D eigenvalue weighted by Crippen LogP contribution is -2.38. The fourth-order valence-electron chi connectivity index (χ4n) is 2.67. The average Bonchev–Trinajstić information content (AvgIpc) is 2.99. The molecule has 98 valence electrons. The monoisotopic (exact) mass is 239 g/mol. The van der Waals surface area contributed by atoms with Gasteiger partial charge in [-0.15, -0.1) is 0 Å². The summed E-state index contributed by atoms with van der Waals surface area (Å²) in [4.78, 5) is 16.6. The number of hydrogen-bond donors (Lipinski definition) is 1. The summed E-state index contributed by atoms with van der Waals surface area (Å²) in [6, 6.07) is 0. The highest BCUT2D eigenvalue weighted by Gasteiger charge is 2.58. The van der Waals surface area contributed by atoms with Crippen molar-refractivity contribution in [1.29, 1.82) is 0 Å². The van der Waals surface area contributed by atoms with E-state index in [1.54, 1.807) is 0 Å². The molecule has 1 spiro atoms. The minimum atomic E-state index is -0.141. The fraction of sp³-hybridized carbons (Fsp3) is 0.923. The molecule has 1 amide bonds. The SMILES string of the molecule is CCCC1NC2(CC2)C(=O)N1CCCN(C)C. The maximum absolute atomic E-state index is 12.3. The van der Waals surface area contributed by atoms with Crippen LogP contribution in [0.5, 0.6) is 0 Å². The van der Waals surface area contributed by atoms with Gasteiger partial charge in [0.05, 0.1) is 11.7 Å². The molecule has 2 fully saturated rings. The quantitative estimate of drug-likeness (QED) is 0.752. The third-order valence-corrected chi connectivity index (χ3v) is 3.81. The van der Waals surface area contributed by atoms with Crippen LogP contribution in [0.3, 0.4) is 0 Å². The van der Waals surface area contributed by atoms with Crippen LogP contribution in [0.4, 0.5) is 0 Å². The Balaban J connectivity index is 1.90. The molecule has 0 aromatic heterocycles. The maximum Gasteiger partial charge on any atom is 0.244 e. The van der Waals surface area contributed by atoms with E-state index < -0.39 is 0 Å². The van der Waals surface area contributed by atoms with Crippen LogP contribution in [0.25, 0.3) is 0 Å². The van der Waals surface area contributed by atoms with Gasteiger partial charge in [0.2, 0.25) is 5.91 Å². The third kappa shape index (κ3) is 2.63. The molecule has 4 heteroatoms. The maximum atomic E-state index is 12.3. The van der Waals surface area contributed by atoms with Crippen molar-refractivity contribution in [3.8, 4) is 0 Å². The molecule has 1 aliphatic carbocycles. The van der Waals surface area contributed by atoms with E-state index in [2.05, 4.69) is 36.1 Å². The normalized spacial score (nSPS) is 26.2. The number of nitrogens with one attached hydrogen (secondary N) is 1. The smallest absolute Gasteiger partial charge is 0.244 e. The molecule has 4 nitrogen and oxygen atoms in total. The zero-order valence-corrected chi connectivity index (χ0v) is 11.3. The van der Waals surface area contributed by atoms with Gasteiger partial charge in [-0.05, 0) is 46.3 Å². The molecule has 1 unspecified atom stereocenters. The summed E-state index contributed by atoms with van der Waals surface area (Å²) in [5.74, 6) is 0.356. The van der Waals surface area contributed by atoms with E-state index in [0.29, 0.717) is 5.91 Å². The van der Waals surface area contributed by atoms with Crippen molar-refractivity contribution in [2.75, 3.05) is 27.2 Å². The third-order valence-electron chi connectivity index (χ3n) is 3.81. The molecule has 0 bridgehead atoms. The second-order valence-electron chi connectivity index (χ2n) is 5.69. The van der Waals surface area contributed by atoms with Gasteiger partial charge < -0.3 is 9.80 Å². The van der Waals surface area contributed by atoms with Crippen LogP contribution in [0.1, 0.15) is 39.0 Å². The molecule has 2 rings (SSSR count). The second-order valence-corrected chi connectivity index (χ2v) is 5.69. The van der Waals surface area contributed by atoms with Crippen LogP contribution in [0.2, 0.25) is 0 Å². The van der Waals surface area contributed by atoms with E-state index in [-0.39, 0.29) is 11.7 Å². The van der Waals surface area contributed by atoms with Crippen LogP contribution in [-0.4, -0.2) is 54.6 Å². The van der Waals surface area contributed by atoms with Gasteiger partial charge in [-0.2, -0.15) is 0 Å². The van der Waals surface area contributed by atoms with Crippen molar-refractivity contribution >= 4 is 5.91 Å². The van der Waals surface area contributed by atoms with Crippen molar-refractivity contribution in [3.05, 3.63) is 0 Å². The molecule has 0 aromatic rings. The molecule has 1 N–H and O–H groups in total. The molecule has 1 saturated carbocycles. The second kappa shape index (κ2) is 4.94. The van der Waals surface area contributed by atoms with E-state index >= 15 is 0 Å². The summed E-state index contributed by atoms with van der Waals surface area (Å²) in [6.07, 6.45) is 5.64. The van der Waals surface area contributed by atoms with E-state index in [4.69, 9.17) is 0 Å². The van der Waals surface area contributed by atoms with Crippen LogP contribution in [-0.2, 0) is 4.79 Å². The first-order chi connectivity index (χ1) is 8.09. The van der Waals surface area contributed by atoms with Gasteiger partial charge in [-0.3, -0.25) is 10.1 Å². The van der Waals surface area contributed by atoms with Crippen LogP contribution < -0.4 is 5.32 Å². The zero-order valence-electron chi connectivity index (χ0n) is 11.3. The molecule has 17 heavy (non-hydrogen) atoms. The standard InChI is InChI=1S/C13H25N3O/c1-4-6-11-14-13(7-8-13)12(17)16(11)10-5-9-15(2)3/h11,14H,4-10H2,1-3H3. The molecular weight excluding hydrogens is 214 g/mol. The van der Waals surface area contributed by atoms with Crippen LogP contribution in [0.15, 0.2) is 0 Å². The molecule has 2 aliphatic rings. The Morgan fingerprint density at radius 1 is 1.47 bits per heavy atom. The minimum absolute atomic E-state index is 0.141. The highest BCUT2D eigenvalue weighted by Crippen LogP contribution is 2.42. The van der Waals surface area contributed by atoms with Crippen molar-refractivity contribution in [1.82, 2.24) is 15.1 Å². The molecule has 1 heterocycles. The topological polar surface area (TPSA) is 35.6 Å². The fourth-order valence-corrected chi connectivity index (χ4v) is 2.67. The first kappa shape index (κ1) is 12.8. The highest BCUT2D eigenvalue weighted by atomic mass is 16.2. The first-order valence-corrected chi connectivity index (χ1v) is 6.82. The molecular formula is C13H25N3O. The van der Waals surface area contributed by atoms with Gasteiger partial charge in [0.1, 0.15) is 0 Å². The van der Waals surface area contributed by atoms with E-state index in [1.807, 2.05) is 0 Å². The first-order valence-electron chi connectivity index (χ1n) is 6.82. The van der Waals surface area contributed by atoms with Gasteiger partial charge in [0.25, 0.3) is 0 Å². The summed E-state index contributed by atoms with van der Waals surface area (Å²) in [5.41, 5.74) is -0.141. The summed E-state index contributed by atoms with van der Waals surface area (Å²) in [6.45, 7) is 4.13. The Bertz CT molecular complexity index is 286. The summed E-state index contributed by atoms with van der Waals surface area (Å²) >= 11 is 0. The molecule has 1 saturated heterocycles. The van der Waals surface area contributed by atoms with Gasteiger partial charge in [0.15, 0.2) is 0 Å². The van der Waals surface area contributed by atoms with Gasteiger partial charge >= 0.3 is 0 Å². The largest absolute Gasteiger partial charge is 0.325 e. The van der Waals surface area contributed by atoms with E-state index in [9.17, 15) is 4.79 Å². The predicted molar refractivity (Wildman–Crippen MR) is 68.7 cm³/mol. The molecule has 0 aromatic carbocycles. The van der Waals surface area contributed by atoms with Crippen LogP contribution >= 0.6 is 0 Å². The van der Waals surface area contributed by atoms with Crippen molar-refractivity contribution < 1.29 is 4.79 Å². The van der Waals surface area contributed by atoms with Crippen molar-refractivity contribution in [2.45, 2.75) is 50.7 Å². The molecule has 1 atom stereocenters. The average molecular weight is 239 g/mol. The van der Waals surface area contributed by atoms with Crippen LogP contribution in [0, 0.1) is 0 Å². The number of nitrogens with zero attached hydrogens (tertiary/aromatic N) is 2. The number of carbonyl (C=O) groups excluding carboxylic acids is 1. The summed E-state index contributed by atoms with van der Waals surface area (Å²) in [5, 5.41) is 3.54. The van der Waals surface area contributed by atoms with Crippen molar-refractivity contribution in [2.24, 2.45) is 0 Å². The zero-order chi connectivity index (χ0) is 12.5. The minimum Gasteiger partial charge on any atom is -0.325 e. The van der Waals surface area contributed by atoms with Gasteiger partial charge in [-0.25, -0.2) is 0 Å². The van der Waals surface area contributed by atoms with Gasteiger partial charge in [0, 0.05) is 6.54 Å². The molecule has 1 aliphatic heterocycles. The Morgan fingerprint density at radius 3 is 2.71 bits per heavy atom. The Kier molecular flexibility index (Phi) is 3.73. The lowest BCUT2D eigenvalue weighted by atomic mass is 10.2. The van der Waals surface area contributed by atoms with Gasteiger partial charge in [-0.1, -0.05) is 13.3 Å². The lowest BCUT2D eigenvalue weighted by molar-refractivity contribution is -0.130. The van der Waals surface area contributed by atoms with E-state index in [1.165, 1.54) is 0 Å². The predicted octanol–water partition coefficient (Wildman–Crippen LogP) is 1.03. The molecule has 0 radical (unpaired) electrons. The highest BCUT2D eigenvalue weighted by molar-refractivity contribution is 5.91. The Morgan fingerprint density at radius 2 is 2.18 bits per heavy atom. The van der Waals surface area contributed by atoms with E-state index in [0.717, 1.165) is 45.2 Å². The number of amides is 1. The Hall–Kier alpha value is -0.610.